The Hall–Kier alpha value is -4.31. The third-order valence-corrected chi connectivity index (χ3v) is 7.46. The van der Waals surface area contributed by atoms with Crippen molar-refractivity contribution in [1.29, 1.82) is 0 Å². The molecule has 0 saturated heterocycles. The van der Waals surface area contributed by atoms with Crippen molar-refractivity contribution in [2.75, 3.05) is 0 Å². The molecule has 0 spiro atoms. The lowest BCUT2D eigenvalue weighted by Gasteiger charge is -2.21. The van der Waals surface area contributed by atoms with Gasteiger partial charge in [-0.25, -0.2) is 0 Å². The second kappa shape index (κ2) is 10.2. The minimum absolute atomic E-state index is 0.0514. The smallest absolute Gasteiger partial charge is 0.220 e. The fraction of sp³-hybridized carbons (Fsp3) is 0.206. The highest BCUT2D eigenvalue weighted by Gasteiger charge is 2.25. The molecule has 1 aromatic heterocycles. The second-order valence-electron chi connectivity index (χ2n) is 10.3. The number of hydrogen-bond donors (Lipinski definition) is 1. The van der Waals surface area contributed by atoms with E-state index in [1.807, 2.05) is 30.3 Å². The molecule has 190 valence electrons. The zero-order chi connectivity index (χ0) is 26.1. The predicted octanol–water partition coefficient (Wildman–Crippen LogP) is 7.56. The van der Waals surface area contributed by atoms with Crippen LogP contribution >= 0.6 is 0 Å². The molecule has 4 nitrogen and oxygen atoms in total. The average molecular weight is 501 g/mol. The molecule has 0 fully saturated rings. The van der Waals surface area contributed by atoms with Gasteiger partial charge >= 0.3 is 0 Å². The van der Waals surface area contributed by atoms with Crippen molar-refractivity contribution >= 4 is 16.7 Å². The van der Waals surface area contributed by atoms with Crippen LogP contribution in [0, 0.1) is 0 Å². The van der Waals surface area contributed by atoms with Gasteiger partial charge < -0.3 is 14.6 Å². The molecule has 0 unspecified atom stereocenters. The van der Waals surface area contributed by atoms with Gasteiger partial charge in [0.15, 0.2) is 0 Å². The maximum Gasteiger partial charge on any atom is 0.220 e. The van der Waals surface area contributed by atoms with Crippen LogP contribution in [-0.4, -0.2) is 10.5 Å². The van der Waals surface area contributed by atoms with Crippen LogP contribution in [0.4, 0.5) is 0 Å². The van der Waals surface area contributed by atoms with E-state index in [0.717, 1.165) is 39.5 Å². The van der Waals surface area contributed by atoms with E-state index in [4.69, 9.17) is 4.74 Å². The molecule has 1 amide bonds. The lowest BCUT2D eigenvalue weighted by Crippen LogP contribution is -2.23. The number of nitrogens with one attached hydrogen (secondary N) is 1. The fourth-order valence-electron chi connectivity index (χ4n) is 5.43. The number of carbonyl (C=O) groups excluding carboxylic acids is 1. The SMILES string of the molecule is CC(C)c1ccc(-n2c(CCC(=O)NCc3cccc4ccccc34)cc3c2-c2ccccc2OC3)cc1. The first-order valence-corrected chi connectivity index (χ1v) is 13.4. The Balaban J connectivity index is 1.27. The van der Waals surface area contributed by atoms with Crippen LogP contribution in [0.2, 0.25) is 0 Å². The van der Waals surface area contributed by atoms with Crippen LogP contribution in [0.1, 0.15) is 48.6 Å². The maximum atomic E-state index is 13.0. The summed E-state index contributed by atoms with van der Waals surface area (Å²) in [5.74, 6) is 1.43. The molecular weight excluding hydrogens is 468 g/mol. The molecule has 0 atom stereocenters. The van der Waals surface area contributed by atoms with E-state index in [1.165, 1.54) is 16.3 Å². The molecule has 5 aromatic rings. The van der Waals surface area contributed by atoms with Gasteiger partial charge in [0.2, 0.25) is 5.91 Å². The summed E-state index contributed by atoms with van der Waals surface area (Å²) in [7, 11) is 0. The molecule has 4 heteroatoms. The van der Waals surface area contributed by atoms with E-state index in [-0.39, 0.29) is 5.91 Å². The van der Waals surface area contributed by atoms with Gasteiger partial charge in [0.1, 0.15) is 12.4 Å². The number of carbonyl (C=O) groups is 1. The van der Waals surface area contributed by atoms with E-state index in [0.29, 0.717) is 31.9 Å². The molecule has 38 heavy (non-hydrogen) atoms. The highest BCUT2D eigenvalue weighted by molar-refractivity contribution is 5.86. The van der Waals surface area contributed by atoms with E-state index in [2.05, 4.69) is 90.5 Å². The van der Waals surface area contributed by atoms with Gasteiger partial charge in [-0.2, -0.15) is 0 Å². The van der Waals surface area contributed by atoms with Gasteiger partial charge in [0, 0.05) is 35.5 Å². The molecule has 1 aliphatic rings. The molecule has 0 bridgehead atoms. The average Bonchev–Trinajstić information content (AvgIpc) is 3.34. The van der Waals surface area contributed by atoms with Crippen LogP contribution in [0.5, 0.6) is 5.75 Å². The standard InChI is InChI=1S/C34H32N2O2/c1-23(2)24-14-16-28(17-15-24)36-29(20-27-22-38-32-13-6-5-12-31(32)34(27)36)18-19-33(37)35-21-26-10-7-9-25-8-3-4-11-30(25)26/h3-17,20,23H,18-19,21-22H2,1-2H3,(H,35,37). The summed E-state index contributed by atoms with van der Waals surface area (Å²) in [4.78, 5) is 13.0. The summed E-state index contributed by atoms with van der Waals surface area (Å²) >= 11 is 0. The molecular formula is C34H32N2O2. The van der Waals surface area contributed by atoms with Gasteiger partial charge in [-0.1, -0.05) is 80.6 Å². The third kappa shape index (κ3) is 4.58. The quantitative estimate of drug-likeness (QED) is 0.251. The van der Waals surface area contributed by atoms with Crippen LogP contribution in [-0.2, 0) is 24.4 Å². The van der Waals surface area contributed by atoms with Crippen LogP contribution in [0.15, 0.2) is 97.1 Å². The molecule has 1 N–H and O–H groups in total. The minimum atomic E-state index is 0.0514. The number of benzene rings is 4. The monoisotopic (exact) mass is 500 g/mol. The zero-order valence-electron chi connectivity index (χ0n) is 21.9. The molecule has 0 aliphatic carbocycles. The van der Waals surface area contributed by atoms with E-state index in [9.17, 15) is 4.79 Å². The third-order valence-electron chi connectivity index (χ3n) is 7.46. The Morgan fingerprint density at radius 3 is 2.53 bits per heavy atom. The lowest BCUT2D eigenvalue weighted by atomic mass is 10.0. The Morgan fingerprint density at radius 2 is 1.68 bits per heavy atom. The van der Waals surface area contributed by atoms with E-state index in [1.54, 1.807) is 0 Å². The second-order valence-corrected chi connectivity index (χ2v) is 10.3. The first-order chi connectivity index (χ1) is 18.6. The highest BCUT2D eigenvalue weighted by atomic mass is 16.5. The maximum absolute atomic E-state index is 13.0. The number of nitrogens with zero attached hydrogens (tertiary/aromatic N) is 1. The number of ether oxygens (including phenoxy) is 1. The van der Waals surface area contributed by atoms with Gasteiger partial charge in [0.05, 0.1) is 5.69 Å². The normalized spacial score (nSPS) is 12.2. The van der Waals surface area contributed by atoms with Crippen LogP contribution < -0.4 is 10.1 Å². The number of amides is 1. The number of aryl methyl sites for hydroxylation is 1. The fourth-order valence-corrected chi connectivity index (χ4v) is 5.43. The Kier molecular flexibility index (Phi) is 6.47. The molecule has 0 saturated carbocycles. The Labute approximate surface area is 223 Å². The van der Waals surface area contributed by atoms with Crippen molar-refractivity contribution in [2.24, 2.45) is 0 Å². The Morgan fingerprint density at radius 1 is 0.921 bits per heavy atom. The first kappa shape index (κ1) is 24.1. The van der Waals surface area contributed by atoms with Crippen molar-refractivity contribution < 1.29 is 9.53 Å². The predicted molar refractivity (Wildman–Crippen MR) is 154 cm³/mol. The number of para-hydroxylation sites is 1. The number of hydrogen-bond acceptors (Lipinski definition) is 2. The van der Waals surface area contributed by atoms with Crippen molar-refractivity contribution in [2.45, 2.75) is 45.8 Å². The number of rotatable bonds is 7. The molecule has 6 rings (SSSR count). The Bertz CT molecular complexity index is 1610. The van der Waals surface area contributed by atoms with Crippen molar-refractivity contribution in [3.8, 4) is 22.7 Å². The summed E-state index contributed by atoms with van der Waals surface area (Å²) in [6.07, 6.45) is 1.06. The number of aromatic nitrogens is 1. The topological polar surface area (TPSA) is 43.3 Å². The van der Waals surface area contributed by atoms with E-state index >= 15 is 0 Å². The molecule has 1 aliphatic heterocycles. The molecule has 2 heterocycles. The van der Waals surface area contributed by atoms with Crippen molar-refractivity contribution in [3.63, 3.8) is 0 Å². The largest absolute Gasteiger partial charge is 0.488 e. The van der Waals surface area contributed by atoms with Gasteiger partial charge in [-0.15, -0.1) is 0 Å². The van der Waals surface area contributed by atoms with Crippen LogP contribution in [0.3, 0.4) is 0 Å². The van der Waals surface area contributed by atoms with E-state index < -0.39 is 0 Å². The molecule has 4 aromatic carbocycles. The summed E-state index contributed by atoms with van der Waals surface area (Å²) in [5, 5.41) is 5.51. The first-order valence-electron chi connectivity index (χ1n) is 13.4. The van der Waals surface area contributed by atoms with Crippen molar-refractivity contribution in [3.05, 3.63) is 119 Å². The highest BCUT2D eigenvalue weighted by Crippen LogP contribution is 2.41. The summed E-state index contributed by atoms with van der Waals surface area (Å²) < 4.78 is 8.38. The summed E-state index contributed by atoms with van der Waals surface area (Å²) in [5.41, 5.74) is 8.08. The zero-order valence-corrected chi connectivity index (χ0v) is 21.9. The van der Waals surface area contributed by atoms with Crippen molar-refractivity contribution in [1.82, 2.24) is 9.88 Å². The van der Waals surface area contributed by atoms with Gasteiger partial charge in [0.25, 0.3) is 0 Å². The van der Waals surface area contributed by atoms with Gasteiger partial charge in [-0.05, 0) is 64.6 Å². The molecule has 0 radical (unpaired) electrons. The number of fused-ring (bicyclic) bond motifs is 4. The minimum Gasteiger partial charge on any atom is -0.488 e. The van der Waals surface area contributed by atoms with Crippen LogP contribution in [0.25, 0.3) is 27.7 Å². The van der Waals surface area contributed by atoms with Gasteiger partial charge in [-0.3, -0.25) is 4.79 Å². The summed E-state index contributed by atoms with van der Waals surface area (Å²) in [6, 6.07) is 33.7. The lowest BCUT2D eigenvalue weighted by molar-refractivity contribution is -0.121. The summed E-state index contributed by atoms with van der Waals surface area (Å²) in [6.45, 7) is 5.48.